The highest BCUT2D eigenvalue weighted by Gasteiger charge is 2.32. The Bertz CT molecular complexity index is 332. The minimum Gasteiger partial charge on any atom is -0.363 e. The molecule has 0 amide bonds. The summed E-state index contributed by atoms with van der Waals surface area (Å²) in [6.45, 7) is 2.01. The third-order valence-corrected chi connectivity index (χ3v) is 3.61. The normalized spacial score (nSPS) is 19.1. The van der Waals surface area contributed by atoms with Crippen molar-refractivity contribution in [3.8, 4) is 0 Å². The van der Waals surface area contributed by atoms with Crippen LogP contribution >= 0.6 is 11.6 Å². The van der Waals surface area contributed by atoms with Crippen molar-refractivity contribution in [1.82, 2.24) is 4.98 Å². The van der Waals surface area contributed by atoms with Crippen LogP contribution in [0.25, 0.3) is 0 Å². The van der Waals surface area contributed by atoms with Crippen LogP contribution in [-0.2, 0) is 0 Å². The van der Waals surface area contributed by atoms with Crippen molar-refractivity contribution in [1.29, 1.82) is 0 Å². The van der Waals surface area contributed by atoms with Gasteiger partial charge >= 0.3 is 0 Å². The van der Waals surface area contributed by atoms with Gasteiger partial charge in [-0.1, -0.05) is 18.9 Å². The number of aryl methyl sites for hydroxylation is 1. The van der Waals surface area contributed by atoms with Crippen LogP contribution in [0, 0.1) is 6.92 Å². The predicted molar refractivity (Wildman–Crippen MR) is 64.5 cm³/mol. The average molecular weight is 225 g/mol. The first-order valence-electron chi connectivity index (χ1n) is 5.52. The summed E-state index contributed by atoms with van der Waals surface area (Å²) in [6.07, 6.45) is 4.86. The molecule has 1 aliphatic rings. The Balaban J connectivity index is 2.12. The Morgan fingerprint density at radius 1 is 1.40 bits per heavy atom. The maximum atomic E-state index is 6.06. The predicted octanol–water partition coefficient (Wildman–Crippen LogP) is 3.35. The highest BCUT2D eigenvalue weighted by Crippen LogP contribution is 2.33. The third kappa shape index (κ3) is 2.43. The second kappa shape index (κ2) is 4.40. The van der Waals surface area contributed by atoms with Crippen LogP contribution in [0.3, 0.4) is 0 Å². The molecule has 1 N–H and O–H groups in total. The molecule has 0 spiro atoms. The summed E-state index contributed by atoms with van der Waals surface area (Å²) in [7, 11) is 0. The number of pyridine rings is 1. The Labute approximate surface area is 96.1 Å². The largest absolute Gasteiger partial charge is 0.363 e. The molecule has 0 saturated heterocycles. The van der Waals surface area contributed by atoms with E-state index in [1.54, 1.807) is 0 Å². The van der Waals surface area contributed by atoms with E-state index in [0.717, 1.165) is 24.4 Å². The van der Waals surface area contributed by atoms with E-state index in [1.165, 1.54) is 12.8 Å². The Kier molecular flexibility index (Phi) is 3.15. The molecule has 0 atom stereocenters. The van der Waals surface area contributed by atoms with Gasteiger partial charge in [-0.2, -0.15) is 0 Å². The summed E-state index contributed by atoms with van der Waals surface area (Å²) in [5, 5.41) is 3.50. The maximum Gasteiger partial charge on any atom is 0.126 e. The number of nitrogens with zero attached hydrogens (tertiary/aromatic N) is 1. The van der Waals surface area contributed by atoms with Crippen molar-refractivity contribution < 1.29 is 0 Å². The minimum absolute atomic E-state index is 0.0857. The zero-order valence-electron chi connectivity index (χ0n) is 9.09. The van der Waals surface area contributed by atoms with Crippen molar-refractivity contribution in [2.45, 2.75) is 38.1 Å². The molecule has 0 aromatic carbocycles. The lowest BCUT2D eigenvalue weighted by Crippen LogP contribution is -2.37. The highest BCUT2D eigenvalue weighted by atomic mass is 35.5. The Morgan fingerprint density at radius 3 is 2.73 bits per heavy atom. The van der Waals surface area contributed by atoms with Gasteiger partial charge in [0.1, 0.15) is 5.82 Å². The number of rotatable bonds is 3. The fourth-order valence-corrected chi connectivity index (χ4v) is 2.56. The van der Waals surface area contributed by atoms with Crippen molar-refractivity contribution in [3.05, 3.63) is 23.9 Å². The van der Waals surface area contributed by atoms with Crippen LogP contribution in [0.4, 0.5) is 5.82 Å². The molecule has 0 bridgehead atoms. The van der Waals surface area contributed by atoms with Crippen LogP contribution in [0.1, 0.15) is 31.4 Å². The van der Waals surface area contributed by atoms with Crippen molar-refractivity contribution >= 4 is 17.4 Å². The Hall–Kier alpha value is -0.760. The SMILES string of the molecule is Cc1cccc(NC2(CCl)CCCC2)n1. The van der Waals surface area contributed by atoms with Crippen molar-refractivity contribution in [2.75, 3.05) is 11.2 Å². The number of nitrogens with one attached hydrogen (secondary N) is 1. The second-order valence-corrected chi connectivity index (χ2v) is 4.68. The first kappa shape index (κ1) is 10.7. The van der Waals surface area contributed by atoms with E-state index in [-0.39, 0.29) is 5.54 Å². The topological polar surface area (TPSA) is 24.9 Å². The van der Waals surface area contributed by atoms with Gasteiger partial charge in [-0.25, -0.2) is 4.98 Å². The molecular formula is C12H17ClN2. The molecule has 2 rings (SSSR count). The molecule has 82 valence electrons. The van der Waals surface area contributed by atoms with E-state index < -0.39 is 0 Å². The van der Waals surface area contributed by atoms with Gasteiger partial charge in [-0.3, -0.25) is 0 Å². The van der Waals surface area contributed by atoms with Gasteiger partial charge in [0.25, 0.3) is 0 Å². The lowest BCUT2D eigenvalue weighted by atomic mass is 10.0. The fraction of sp³-hybridized carbons (Fsp3) is 0.583. The summed E-state index contributed by atoms with van der Waals surface area (Å²) >= 11 is 6.06. The highest BCUT2D eigenvalue weighted by molar-refractivity contribution is 6.18. The first-order chi connectivity index (χ1) is 7.24. The smallest absolute Gasteiger partial charge is 0.126 e. The van der Waals surface area contributed by atoms with E-state index in [0.29, 0.717) is 5.88 Å². The van der Waals surface area contributed by atoms with E-state index >= 15 is 0 Å². The molecule has 1 saturated carbocycles. The molecule has 1 heterocycles. The molecule has 1 aliphatic carbocycles. The Morgan fingerprint density at radius 2 is 2.13 bits per heavy atom. The average Bonchev–Trinajstić information content (AvgIpc) is 2.67. The van der Waals surface area contributed by atoms with Gasteiger partial charge in [-0.05, 0) is 31.9 Å². The number of halogens is 1. The molecule has 3 heteroatoms. The standard InChI is InChI=1S/C12H17ClN2/c1-10-5-4-6-11(14-10)15-12(9-13)7-2-3-8-12/h4-6H,2-3,7-9H2,1H3,(H,14,15). The quantitative estimate of drug-likeness (QED) is 0.797. The lowest BCUT2D eigenvalue weighted by Gasteiger charge is -2.28. The fourth-order valence-electron chi connectivity index (χ4n) is 2.23. The summed E-state index contributed by atoms with van der Waals surface area (Å²) < 4.78 is 0. The second-order valence-electron chi connectivity index (χ2n) is 4.41. The van der Waals surface area contributed by atoms with Gasteiger partial charge in [0, 0.05) is 11.6 Å². The molecule has 1 aromatic heterocycles. The van der Waals surface area contributed by atoms with Crippen LogP contribution < -0.4 is 5.32 Å². The lowest BCUT2D eigenvalue weighted by molar-refractivity contribution is 0.537. The van der Waals surface area contributed by atoms with E-state index in [1.807, 2.05) is 25.1 Å². The summed E-state index contributed by atoms with van der Waals surface area (Å²) in [4.78, 5) is 4.46. The third-order valence-electron chi connectivity index (χ3n) is 3.10. The monoisotopic (exact) mass is 224 g/mol. The molecule has 0 aliphatic heterocycles. The minimum atomic E-state index is 0.0857. The van der Waals surface area contributed by atoms with Gasteiger partial charge < -0.3 is 5.32 Å². The number of alkyl halides is 1. The number of aromatic nitrogens is 1. The number of hydrogen-bond donors (Lipinski definition) is 1. The molecule has 2 nitrogen and oxygen atoms in total. The summed E-state index contributed by atoms with van der Waals surface area (Å²) in [5.41, 5.74) is 1.13. The zero-order valence-corrected chi connectivity index (χ0v) is 9.85. The maximum absolute atomic E-state index is 6.06. The van der Waals surface area contributed by atoms with Crippen LogP contribution in [-0.4, -0.2) is 16.4 Å². The van der Waals surface area contributed by atoms with Crippen molar-refractivity contribution in [3.63, 3.8) is 0 Å². The van der Waals surface area contributed by atoms with Gasteiger partial charge in [0.05, 0.1) is 5.54 Å². The van der Waals surface area contributed by atoms with Gasteiger partial charge in [0.15, 0.2) is 0 Å². The zero-order chi connectivity index (χ0) is 10.7. The van der Waals surface area contributed by atoms with Crippen LogP contribution in [0.5, 0.6) is 0 Å². The van der Waals surface area contributed by atoms with E-state index in [9.17, 15) is 0 Å². The molecular weight excluding hydrogens is 208 g/mol. The molecule has 0 radical (unpaired) electrons. The molecule has 1 aromatic rings. The van der Waals surface area contributed by atoms with Gasteiger partial charge in [-0.15, -0.1) is 11.6 Å². The first-order valence-corrected chi connectivity index (χ1v) is 6.05. The molecule has 0 unspecified atom stereocenters. The van der Waals surface area contributed by atoms with E-state index in [4.69, 9.17) is 11.6 Å². The van der Waals surface area contributed by atoms with Crippen molar-refractivity contribution in [2.24, 2.45) is 0 Å². The number of hydrogen-bond acceptors (Lipinski definition) is 2. The van der Waals surface area contributed by atoms with Crippen LogP contribution in [0.2, 0.25) is 0 Å². The summed E-state index contributed by atoms with van der Waals surface area (Å²) in [6, 6.07) is 6.05. The van der Waals surface area contributed by atoms with E-state index in [2.05, 4.69) is 10.3 Å². The van der Waals surface area contributed by atoms with Crippen LogP contribution in [0.15, 0.2) is 18.2 Å². The van der Waals surface area contributed by atoms with Gasteiger partial charge in [0.2, 0.25) is 0 Å². The number of anilines is 1. The molecule has 1 fully saturated rings. The summed E-state index contributed by atoms with van der Waals surface area (Å²) in [5.74, 6) is 1.63. The molecule has 15 heavy (non-hydrogen) atoms.